The van der Waals surface area contributed by atoms with Crippen LogP contribution in [-0.2, 0) is 11.2 Å². The maximum atomic E-state index is 10.9. The summed E-state index contributed by atoms with van der Waals surface area (Å²) in [5.74, 6) is 0.452. The molecule has 0 aromatic heterocycles. The summed E-state index contributed by atoms with van der Waals surface area (Å²) < 4.78 is 11.2. The highest BCUT2D eigenvalue weighted by molar-refractivity contribution is 5.74. The summed E-state index contributed by atoms with van der Waals surface area (Å²) in [7, 11) is 0. The van der Waals surface area contributed by atoms with E-state index in [4.69, 9.17) is 14.6 Å². The topological polar surface area (TPSA) is 55.8 Å². The van der Waals surface area contributed by atoms with Crippen molar-refractivity contribution in [1.29, 1.82) is 0 Å². The Kier molecular flexibility index (Phi) is 3.75. The van der Waals surface area contributed by atoms with Crippen molar-refractivity contribution in [2.24, 2.45) is 0 Å². The zero-order valence-electron chi connectivity index (χ0n) is 10.7. The second kappa shape index (κ2) is 5.29. The van der Waals surface area contributed by atoms with E-state index in [0.29, 0.717) is 12.2 Å². The predicted octanol–water partition coefficient (Wildman–Crippen LogP) is 2.64. The molecular weight excluding hydrogens is 232 g/mol. The van der Waals surface area contributed by atoms with Crippen LogP contribution in [0.1, 0.15) is 32.3 Å². The average Bonchev–Trinajstić information content (AvgIpc) is 2.79. The number of carbonyl (C=O) groups is 1. The van der Waals surface area contributed by atoms with E-state index < -0.39 is 12.1 Å². The second-order valence-electron chi connectivity index (χ2n) is 4.47. The van der Waals surface area contributed by atoms with Gasteiger partial charge in [-0.3, -0.25) is 0 Å². The third-order valence-corrected chi connectivity index (χ3v) is 3.20. The second-order valence-corrected chi connectivity index (χ2v) is 4.47. The van der Waals surface area contributed by atoms with E-state index in [1.165, 1.54) is 0 Å². The highest BCUT2D eigenvalue weighted by Gasteiger charge is 2.29. The van der Waals surface area contributed by atoms with Crippen LogP contribution in [0.2, 0.25) is 0 Å². The number of carboxylic acid groups (broad SMARTS) is 1. The van der Waals surface area contributed by atoms with Gasteiger partial charge in [0.1, 0.15) is 11.5 Å². The molecule has 1 atom stereocenters. The van der Waals surface area contributed by atoms with E-state index >= 15 is 0 Å². The lowest BCUT2D eigenvalue weighted by atomic mass is 10.1. The van der Waals surface area contributed by atoms with Crippen molar-refractivity contribution in [3.8, 4) is 11.5 Å². The molecule has 0 spiro atoms. The Hall–Kier alpha value is -1.71. The summed E-state index contributed by atoms with van der Waals surface area (Å²) in [6, 6.07) is 5.55. The van der Waals surface area contributed by atoms with Gasteiger partial charge in [0, 0.05) is 12.5 Å². The van der Waals surface area contributed by atoms with Crippen LogP contribution in [0.5, 0.6) is 11.5 Å². The largest absolute Gasteiger partial charge is 0.490 e. The molecule has 0 aliphatic carbocycles. The molecule has 1 aliphatic heterocycles. The van der Waals surface area contributed by atoms with Gasteiger partial charge in [-0.15, -0.1) is 0 Å². The van der Waals surface area contributed by atoms with Gasteiger partial charge in [0.2, 0.25) is 0 Å². The van der Waals surface area contributed by atoms with Gasteiger partial charge in [-0.05, 0) is 24.5 Å². The van der Waals surface area contributed by atoms with Crippen LogP contribution in [0.15, 0.2) is 18.2 Å². The summed E-state index contributed by atoms with van der Waals surface area (Å²) >= 11 is 0. The number of ether oxygens (including phenoxy) is 2. The zero-order valence-corrected chi connectivity index (χ0v) is 10.7. The number of hydrogen-bond donors (Lipinski definition) is 1. The lowest BCUT2D eigenvalue weighted by molar-refractivity contribution is -0.144. The molecule has 98 valence electrons. The minimum Gasteiger partial charge on any atom is -0.490 e. The lowest BCUT2D eigenvalue weighted by Crippen LogP contribution is -2.24. The number of rotatable bonds is 5. The maximum absolute atomic E-state index is 10.9. The summed E-state index contributed by atoms with van der Waals surface area (Å²) in [5.41, 5.74) is 0.930. The van der Waals surface area contributed by atoms with E-state index in [2.05, 4.69) is 13.8 Å². The van der Waals surface area contributed by atoms with E-state index in [1.54, 1.807) is 6.07 Å². The van der Waals surface area contributed by atoms with Gasteiger partial charge >= 0.3 is 5.97 Å². The molecule has 1 aromatic rings. The molecule has 1 N–H and O–H groups in total. The van der Waals surface area contributed by atoms with Crippen molar-refractivity contribution in [2.75, 3.05) is 0 Å². The van der Waals surface area contributed by atoms with Crippen LogP contribution < -0.4 is 9.47 Å². The summed E-state index contributed by atoms with van der Waals surface area (Å²) in [6.07, 6.45) is 1.76. The van der Waals surface area contributed by atoms with E-state index in [0.717, 1.165) is 24.2 Å². The molecule has 1 unspecified atom stereocenters. The molecule has 0 bridgehead atoms. The fraction of sp³-hybridized carbons (Fsp3) is 0.500. The molecule has 0 radical (unpaired) electrons. The standard InChI is InChI=1S/C14H18O4/c1-3-10(4-2)17-11-6-5-9-7-13(14(15)16)18-12(9)8-11/h5-6,8,10,13H,3-4,7H2,1-2H3,(H,15,16). The Bertz CT molecular complexity index is 437. The molecular formula is C14H18O4. The smallest absolute Gasteiger partial charge is 0.345 e. The quantitative estimate of drug-likeness (QED) is 0.872. The van der Waals surface area contributed by atoms with Crippen LogP contribution in [0.4, 0.5) is 0 Å². The SMILES string of the molecule is CCC(CC)Oc1ccc2c(c1)OC(C(=O)O)C2. The van der Waals surface area contributed by atoms with Gasteiger partial charge in [0.05, 0.1) is 6.10 Å². The van der Waals surface area contributed by atoms with Gasteiger partial charge in [-0.25, -0.2) is 4.79 Å². The predicted molar refractivity (Wildman–Crippen MR) is 67.2 cm³/mol. The van der Waals surface area contributed by atoms with Gasteiger partial charge < -0.3 is 14.6 Å². The third-order valence-electron chi connectivity index (χ3n) is 3.20. The Morgan fingerprint density at radius 3 is 2.83 bits per heavy atom. The molecule has 0 fully saturated rings. The molecule has 2 rings (SSSR count). The van der Waals surface area contributed by atoms with Crippen LogP contribution in [0.3, 0.4) is 0 Å². The van der Waals surface area contributed by atoms with Crippen LogP contribution >= 0.6 is 0 Å². The first-order valence-electron chi connectivity index (χ1n) is 6.33. The van der Waals surface area contributed by atoms with E-state index in [9.17, 15) is 4.79 Å². The molecule has 4 heteroatoms. The van der Waals surface area contributed by atoms with Crippen LogP contribution in [-0.4, -0.2) is 23.3 Å². The lowest BCUT2D eigenvalue weighted by Gasteiger charge is -2.16. The Morgan fingerprint density at radius 2 is 2.22 bits per heavy atom. The van der Waals surface area contributed by atoms with Crippen LogP contribution in [0, 0.1) is 0 Å². The molecule has 1 aromatic carbocycles. The summed E-state index contributed by atoms with van der Waals surface area (Å²) in [5, 5.41) is 8.92. The Labute approximate surface area is 107 Å². The first-order chi connectivity index (χ1) is 8.63. The normalized spacial score (nSPS) is 17.4. The fourth-order valence-corrected chi connectivity index (χ4v) is 2.07. The van der Waals surface area contributed by atoms with E-state index in [1.807, 2.05) is 12.1 Å². The van der Waals surface area contributed by atoms with Crippen LogP contribution in [0.25, 0.3) is 0 Å². The minimum atomic E-state index is -0.923. The monoisotopic (exact) mass is 250 g/mol. The molecule has 0 saturated heterocycles. The number of fused-ring (bicyclic) bond motifs is 1. The third kappa shape index (κ3) is 2.58. The molecule has 1 aliphatic rings. The number of hydrogen-bond acceptors (Lipinski definition) is 3. The van der Waals surface area contributed by atoms with Gasteiger partial charge in [-0.2, -0.15) is 0 Å². The Balaban J connectivity index is 2.10. The van der Waals surface area contributed by atoms with Gasteiger partial charge in [0.15, 0.2) is 6.10 Å². The molecule has 18 heavy (non-hydrogen) atoms. The maximum Gasteiger partial charge on any atom is 0.345 e. The first kappa shape index (κ1) is 12.7. The highest BCUT2D eigenvalue weighted by Crippen LogP contribution is 2.33. The number of carboxylic acids is 1. The fourth-order valence-electron chi connectivity index (χ4n) is 2.07. The van der Waals surface area contributed by atoms with Crippen molar-refractivity contribution >= 4 is 5.97 Å². The molecule has 4 nitrogen and oxygen atoms in total. The molecule has 1 heterocycles. The van der Waals surface area contributed by atoms with Crippen molar-refractivity contribution in [3.63, 3.8) is 0 Å². The van der Waals surface area contributed by atoms with E-state index in [-0.39, 0.29) is 6.10 Å². The Morgan fingerprint density at radius 1 is 1.50 bits per heavy atom. The number of benzene rings is 1. The first-order valence-corrected chi connectivity index (χ1v) is 6.33. The van der Waals surface area contributed by atoms with Crippen molar-refractivity contribution in [2.45, 2.75) is 45.3 Å². The van der Waals surface area contributed by atoms with Crippen molar-refractivity contribution < 1.29 is 19.4 Å². The van der Waals surface area contributed by atoms with Crippen molar-refractivity contribution in [1.82, 2.24) is 0 Å². The highest BCUT2D eigenvalue weighted by atomic mass is 16.5. The van der Waals surface area contributed by atoms with Crippen molar-refractivity contribution in [3.05, 3.63) is 23.8 Å². The summed E-state index contributed by atoms with van der Waals surface area (Å²) in [4.78, 5) is 10.9. The molecule has 0 amide bonds. The zero-order chi connectivity index (χ0) is 13.1. The average molecular weight is 250 g/mol. The molecule has 0 saturated carbocycles. The van der Waals surface area contributed by atoms with Gasteiger partial charge in [-0.1, -0.05) is 19.9 Å². The van der Waals surface area contributed by atoms with Gasteiger partial charge in [0.25, 0.3) is 0 Å². The summed E-state index contributed by atoms with van der Waals surface area (Å²) in [6.45, 7) is 4.16. The number of aliphatic carboxylic acids is 1. The minimum absolute atomic E-state index is 0.194.